The molecule has 4 rings (SSSR count). The van der Waals surface area contributed by atoms with E-state index in [1.807, 2.05) is 68.7 Å². The predicted octanol–water partition coefficient (Wildman–Crippen LogP) is 5.42. The van der Waals surface area contributed by atoms with Crippen LogP contribution in [0.1, 0.15) is 5.56 Å². The lowest BCUT2D eigenvalue weighted by molar-refractivity contribution is 1.17. The van der Waals surface area contributed by atoms with Crippen molar-refractivity contribution in [1.82, 2.24) is 15.0 Å². The van der Waals surface area contributed by atoms with Crippen LogP contribution in [0.25, 0.3) is 10.6 Å². The van der Waals surface area contributed by atoms with E-state index in [0.29, 0.717) is 0 Å². The second-order valence-corrected chi connectivity index (χ2v) is 7.16. The topological polar surface area (TPSA) is 53.9 Å². The Bertz CT molecular complexity index is 1050. The molecule has 0 aliphatic carbocycles. The van der Waals surface area contributed by atoms with Gasteiger partial charge in [-0.15, -0.1) is 0 Å². The fraction of sp³-hybridized carbons (Fsp3) is 0.0952. The van der Waals surface area contributed by atoms with Gasteiger partial charge in [-0.1, -0.05) is 35.6 Å². The number of nitrogens with zero attached hydrogens (tertiary/aromatic N) is 4. The normalized spacial score (nSPS) is 10.6. The Morgan fingerprint density at radius 3 is 2.59 bits per heavy atom. The quantitative estimate of drug-likeness (QED) is 0.506. The van der Waals surface area contributed by atoms with Crippen LogP contribution < -0.4 is 10.2 Å². The maximum Gasteiger partial charge on any atom is 0.190 e. The second kappa shape index (κ2) is 7.55. The summed E-state index contributed by atoms with van der Waals surface area (Å²) in [5.41, 5.74) is 3.14. The Kier molecular flexibility index (Phi) is 4.80. The van der Waals surface area contributed by atoms with Crippen molar-refractivity contribution in [3.8, 4) is 10.6 Å². The Morgan fingerprint density at radius 1 is 0.926 bits per heavy atom. The van der Waals surface area contributed by atoms with Gasteiger partial charge in [0.15, 0.2) is 5.13 Å². The number of hydrogen-bond donors (Lipinski definition) is 1. The molecule has 0 aliphatic heterocycles. The van der Waals surface area contributed by atoms with Crippen molar-refractivity contribution >= 4 is 33.8 Å². The first-order chi connectivity index (χ1) is 13.2. The molecular formula is C21H19N5S. The molecule has 0 saturated heterocycles. The molecule has 0 atom stereocenters. The van der Waals surface area contributed by atoms with Crippen LogP contribution >= 0.6 is 11.3 Å². The molecule has 134 valence electrons. The van der Waals surface area contributed by atoms with Crippen molar-refractivity contribution in [3.05, 3.63) is 78.6 Å². The molecule has 0 radical (unpaired) electrons. The van der Waals surface area contributed by atoms with Gasteiger partial charge < -0.3 is 10.2 Å². The largest absolute Gasteiger partial charge is 0.325 e. The smallest absolute Gasteiger partial charge is 0.190 e. The van der Waals surface area contributed by atoms with E-state index >= 15 is 0 Å². The zero-order chi connectivity index (χ0) is 18.6. The van der Waals surface area contributed by atoms with Crippen molar-refractivity contribution in [2.24, 2.45) is 0 Å². The molecule has 5 nitrogen and oxygen atoms in total. The SMILES string of the molecule is Cc1ccnc(Nc2cccc(-c3cnc(N(C)c4ccccc4)s3)n2)c1. The number of benzene rings is 1. The standard InChI is InChI=1S/C21H19N5S/c1-15-11-12-22-20(13-15)25-19-10-6-9-17(24-19)18-14-23-21(27-18)26(2)16-7-4-3-5-8-16/h3-14H,1-2H3,(H,22,24,25). The molecule has 3 heterocycles. The van der Waals surface area contributed by atoms with Crippen LogP contribution in [0.2, 0.25) is 0 Å². The molecule has 0 amide bonds. The number of hydrogen-bond acceptors (Lipinski definition) is 6. The third-order valence-corrected chi connectivity index (χ3v) is 5.19. The molecule has 3 aromatic heterocycles. The summed E-state index contributed by atoms with van der Waals surface area (Å²) in [5.74, 6) is 1.55. The number of pyridine rings is 2. The van der Waals surface area contributed by atoms with Crippen molar-refractivity contribution in [2.75, 3.05) is 17.3 Å². The highest BCUT2D eigenvalue weighted by atomic mass is 32.1. The summed E-state index contributed by atoms with van der Waals surface area (Å²) in [6, 6.07) is 20.1. The van der Waals surface area contributed by atoms with Gasteiger partial charge in [-0.3, -0.25) is 0 Å². The first-order valence-electron chi connectivity index (χ1n) is 8.61. The second-order valence-electron chi connectivity index (χ2n) is 6.15. The molecule has 27 heavy (non-hydrogen) atoms. The van der Waals surface area contributed by atoms with Crippen molar-refractivity contribution in [2.45, 2.75) is 6.92 Å². The van der Waals surface area contributed by atoms with Gasteiger partial charge in [-0.25, -0.2) is 15.0 Å². The fourth-order valence-electron chi connectivity index (χ4n) is 2.68. The van der Waals surface area contributed by atoms with Gasteiger partial charge in [0, 0.05) is 25.1 Å². The molecule has 0 aliphatic rings. The van der Waals surface area contributed by atoms with E-state index in [-0.39, 0.29) is 0 Å². The van der Waals surface area contributed by atoms with Crippen LogP contribution in [0.4, 0.5) is 22.5 Å². The Morgan fingerprint density at radius 2 is 1.78 bits per heavy atom. The summed E-state index contributed by atoms with van der Waals surface area (Å²) in [7, 11) is 2.02. The molecule has 6 heteroatoms. The molecule has 0 spiro atoms. The maximum atomic E-state index is 4.71. The molecule has 1 N–H and O–H groups in total. The number of rotatable bonds is 5. The van der Waals surface area contributed by atoms with E-state index < -0.39 is 0 Å². The third-order valence-electron chi connectivity index (χ3n) is 4.10. The van der Waals surface area contributed by atoms with Gasteiger partial charge in [0.05, 0.1) is 10.6 Å². The van der Waals surface area contributed by atoms with E-state index in [4.69, 9.17) is 4.98 Å². The highest BCUT2D eigenvalue weighted by Crippen LogP contribution is 2.33. The van der Waals surface area contributed by atoms with Gasteiger partial charge in [0.2, 0.25) is 0 Å². The summed E-state index contributed by atoms with van der Waals surface area (Å²) in [6.45, 7) is 2.04. The summed E-state index contributed by atoms with van der Waals surface area (Å²) in [6.07, 6.45) is 3.66. The number of para-hydroxylation sites is 1. The summed E-state index contributed by atoms with van der Waals surface area (Å²) < 4.78 is 0. The summed E-state index contributed by atoms with van der Waals surface area (Å²) in [4.78, 5) is 16.7. The molecule has 0 bridgehead atoms. The molecule has 4 aromatic rings. The van der Waals surface area contributed by atoms with Crippen LogP contribution in [-0.4, -0.2) is 22.0 Å². The van der Waals surface area contributed by atoms with Crippen LogP contribution in [0.5, 0.6) is 0 Å². The number of aromatic nitrogens is 3. The monoisotopic (exact) mass is 373 g/mol. The van der Waals surface area contributed by atoms with Gasteiger partial charge in [-0.05, 0) is 48.9 Å². The number of thiazole rings is 1. The highest BCUT2D eigenvalue weighted by molar-refractivity contribution is 7.18. The number of aryl methyl sites for hydroxylation is 1. The third kappa shape index (κ3) is 3.96. The Hall–Kier alpha value is -3.25. The van der Waals surface area contributed by atoms with Crippen molar-refractivity contribution in [3.63, 3.8) is 0 Å². The minimum absolute atomic E-state index is 0.761. The first kappa shape index (κ1) is 17.2. The summed E-state index contributed by atoms with van der Waals surface area (Å²) in [5, 5.41) is 4.19. The van der Waals surface area contributed by atoms with E-state index in [0.717, 1.165) is 38.6 Å². The first-order valence-corrected chi connectivity index (χ1v) is 9.42. The minimum atomic E-state index is 0.761. The molecule has 1 aromatic carbocycles. The zero-order valence-electron chi connectivity index (χ0n) is 15.1. The lowest BCUT2D eigenvalue weighted by atomic mass is 10.3. The van der Waals surface area contributed by atoms with E-state index in [9.17, 15) is 0 Å². The Balaban J connectivity index is 1.57. The van der Waals surface area contributed by atoms with Gasteiger partial charge in [0.25, 0.3) is 0 Å². The van der Waals surface area contributed by atoms with E-state index in [1.165, 1.54) is 0 Å². The highest BCUT2D eigenvalue weighted by Gasteiger charge is 2.11. The van der Waals surface area contributed by atoms with E-state index in [2.05, 4.69) is 32.3 Å². The lowest BCUT2D eigenvalue weighted by Crippen LogP contribution is -2.08. The van der Waals surface area contributed by atoms with Crippen LogP contribution in [-0.2, 0) is 0 Å². The van der Waals surface area contributed by atoms with Gasteiger partial charge in [0.1, 0.15) is 11.6 Å². The molecule has 0 fully saturated rings. The zero-order valence-corrected chi connectivity index (χ0v) is 15.9. The number of nitrogens with one attached hydrogen (secondary N) is 1. The lowest BCUT2D eigenvalue weighted by Gasteiger charge is -2.15. The van der Waals surface area contributed by atoms with Crippen LogP contribution in [0, 0.1) is 6.92 Å². The summed E-state index contributed by atoms with van der Waals surface area (Å²) >= 11 is 1.62. The van der Waals surface area contributed by atoms with Crippen LogP contribution in [0.15, 0.2) is 73.1 Å². The van der Waals surface area contributed by atoms with Crippen molar-refractivity contribution in [1.29, 1.82) is 0 Å². The Labute approximate surface area is 162 Å². The maximum absolute atomic E-state index is 4.71. The average molecular weight is 373 g/mol. The molecule has 0 saturated carbocycles. The van der Waals surface area contributed by atoms with Crippen LogP contribution in [0.3, 0.4) is 0 Å². The fourth-order valence-corrected chi connectivity index (χ4v) is 3.55. The molecule has 0 unspecified atom stereocenters. The molecular weight excluding hydrogens is 354 g/mol. The van der Waals surface area contributed by atoms with Gasteiger partial charge in [-0.2, -0.15) is 0 Å². The van der Waals surface area contributed by atoms with Crippen molar-refractivity contribution < 1.29 is 0 Å². The van der Waals surface area contributed by atoms with Gasteiger partial charge >= 0.3 is 0 Å². The predicted molar refractivity (Wildman–Crippen MR) is 112 cm³/mol. The van der Waals surface area contributed by atoms with E-state index in [1.54, 1.807) is 17.5 Å². The average Bonchev–Trinajstić information content (AvgIpc) is 3.19. The number of anilines is 4. The minimum Gasteiger partial charge on any atom is -0.325 e.